The van der Waals surface area contributed by atoms with E-state index in [1.54, 1.807) is 0 Å². The summed E-state index contributed by atoms with van der Waals surface area (Å²) < 4.78 is 4.41. The summed E-state index contributed by atoms with van der Waals surface area (Å²) in [7, 11) is 2.09. The summed E-state index contributed by atoms with van der Waals surface area (Å²) in [6.45, 7) is 3.47. The Bertz CT molecular complexity index is 349. The van der Waals surface area contributed by atoms with Crippen LogP contribution in [0, 0.1) is 0 Å². The van der Waals surface area contributed by atoms with Crippen molar-refractivity contribution in [1.82, 2.24) is 4.57 Å². The van der Waals surface area contributed by atoms with Crippen LogP contribution < -0.4 is 21.5 Å². The third-order valence-electron chi connectivity index (χ3n) is 4.59. The van der Waals surface area contributed by atoms with E-state index in [-0.39, 0.29) is 17.0 Å². The van der Waals surface area contributed by atoms with Gasteiger partial charge in [0.05, 0.1) is 13.6 Å². The van der Waals surface area contributed by atoms with Crippen LogP contribution in [0.3, 0.4) is 0 Å². The van der Waals surface area contributed by atoms with Crippen LogP contribution in [-0.4, -0.2) is 4.57 Å². The van der Waals surface area contributed by atoms with Crippen molar-refractivity contribution in [2.24, 2.45) is 7.05 Å². The van der Waals surface area contributed by atoms with Crippen molar-refractivity contribution < 1.29 is 21.5 Å². The summed E-state index contributed by atoms with van der Waals surface area (Å²) in [5, 5.41) is 0. The smallest absolute Gasteiger partial charge is 0.243 e. The lowest BCUT2D eigenvalue weighted by Gasteiger charge is -2.03. The Balaban J connectivity index is 0.00000484. The molecular formula is C20H39BrN2. The number of imidazole rings is 1. The van der Waals surface area contributed by atoms with Gasteiger partial charge in [0.15, 0.2) is 0 Å². The first-order valence-corrected chi connectivity index (χ1v) is 9.84. The Kier molecular flexibility index (Phi) is 16.3. The standard InChI is InChI=1S/C20H39N2.BrH/c1-3-4-5-6-7-8-9-10-11-12-13-14-15-16-17-22-19-18-21(2)20-22;/h18-20H,3-17H2,1-2H3;1H/q+1;/p-1. The lowest BCUT2D eigenvalue weighted by Crippen LogP contribution is -3.00. The maximum atomic E-state index is 2.29. The number of nitrogens with zero attached hydrogens (tertiary/aromatic N) is 2. The third kappa shape index (κ3) is 13.8. The zero-order chi connectivity index (χ0) is 15.9. The SMILES string of the molecule is CCCCCCCCCCCCCCCCn1cc[n+](C)c1.[Br-]. The summed E-state index contributed by atoms with van der Waals surface area (Å²) >= 11 is 0. The minimum atomic E-state index is 0. The molecule has 0 aliphatic rings. The second-order valence-electron chi connectivity index (χ2n) is 6.91. The zero-order valence-electron chi connectivity index (χ0n) is 15.6. The molecule has 0 atom stereocenters. The molecule has 0 N–H and O–H groups in total. The van der Waals surface area contributed by atoms with Gasteiger partial charge in [-0.05, 0) is 12.8 Å². The molecule has 1 heterocycles. The topological polar surface area (TPSA) is 8.81 Å². The van der Waals surface area contributed by atoms with Gasteiger partial charge in [-0.1, -0.05) is 84.0 Å². The van der Waals surface area contributed by atoms with Crippen molar-refractivity contribution >= 4 is 0 Å². The van der Waals surface area contributed by atoms with Crippen LogP contribution >= 0.6 is 0 Å². The molecule has 0 unspecified atom stereocenters. The molecule has 0 fully saturated rings. The highest BCUT2D eigenvalue weighted by Gasteiger charge is 1.99. The van der Waals surface area contributed by atoms with Crippen LogP contribution in [0.25, 0.3) is 0 Å². The van der Waals surface area contributed by atoms with Crippen LogP contribution in [0.1, 0.15) is 96.8 Å². The van der Waals surface area contributed by atoms with E-state index in [0.29, 0.717) is 0 Å². The van der Waals surface area contributed by atoms with Gasteiger partial charge in [-0.2, -0.15) is 0 Å². The van der Waals surface area contributed by atoms with Gasteiger partial charge in [0.2, 0.25) is 6.33 Å². The molecule has 1 aromatic heterocycles. The minimum absolute atomic E-state index is 0. The van der Waals surface area contributed by atoms with Crippen molar-refractivity contribution in [3.63, 3.8) is 0 Å². The Morgan fingerprint density at radius 1 is 0.696 bits per heavy atom. The number of unbranched alkanes of at least 4 members (excludes halogenated alkanes) is 13. The van der Waals surface area contributed by atoms with Crippen LogP contribution in [-0.2, 0) is 13.6 Å². The number of hydrogen-bond acceptors (Lipinski definition) is 0. The van der Waals surface area contributed by atoms with Crippen molar-refractivity contribution in [1.29, 1.82) is 0 Å². The highest BCUT2D eigenvalue weighted by Crippen LogP contribution is 2.13. The summed E-state index contributed by atoms with van der Waals surface area (Å²) in [4.78, 5) is 0. The predicted octanol–water partition coefficient (Wildman–Crippen LogP) is 2.80. The zero-order valence-corrected chi connectivity index (χ0v) is 17.2. The second kappa shape index (κ2) is 16.5. The molecule has 0 aromatic carbocycles. The highest BCUT2D eigenvalue weighted by molar-refractivity contribution is 4.65. The highest BCUT2D eigenvalue weighted by atomic mass is 79.9. The Morgan fingerprint density at radius 2 is 1.13 bits per heavy atom. The van der Waals surface area contributed by atoms with Crippen LogP contribution in [0.5, 0.6) is 0 Å². The van der Waals surface area contributed by atoms with Gasteiger partial charge in [0.1, 0.15) is 12.4 Å². The van der Waals surface area contributed by atoms with E-state index in [0.717, 1.165) is 0 Å². The maximum absolute atomic E-state index is 2.29. The molecule has 0 aliphatic carbocycles. The molecule has 0 saturated carbocycles. The van der Waals surface area contributed by atoms with E-state index in [9.17, 15) is 0 Å². The molecule has 0 bridgehead atoms. The molecule has 0 amide bonds. The van der Waals surface area contributed by atoms with E-state index in [1.165, 1.54) is 96.4 Å². The molecule has 1 aromatic rings. The Morgan fingerprint density at radius 3 is 1.52 bits per heavy atom. The van der Waals surface area contributed by atoms with E-state index < -0.39 is 0 Å². The fourth-order valence-electron chi connectivity index (χ4n) is 3.12. The lowest BCUT2D eigenvalue weighted by molar-refractivity contribution is -0.671. The Hall–Kier alpha value is -0.310. The normalized spacial score (nSPS) is 10.7. The molecule has 136 valence electrons. The number of hydrogen-bond donors (Lipinski definition) is 0. The first-order chi connectivity index (χ1) is 10.8. The van der Waals surface area contributed by atoms with Gasteiger partial charge in [0.25, 0.3) is 0 Å². The molecule has 0 radical (unpaired) electrons. The van der Waals surface area contributed by atoms with Crippen molar-refractivity contribution in [2.75, 3.05) is 0 Å². The van der Waals surface area contributed by atoms with Crippen molar-refractivity contribution in [3.05, 3.63) is 18.7 Å². The number of halogens is 1. The molecule has 3 heteroatoms. The number of rotatable bonds is 15. The largest absolute Gasteiger partial charge is 1.00 e. The van der Waals surface area contributed by atoms with Gasteiger partial charge in [-0.25, -0.2) is 9.13 Å². The summed E-state index contributed by atoms with van der Waals surface area (Å²) in [5.41, 5.74) is 0. The average molecular weight is 387 g/mol. The van der Waals surface area contributed by atoms with Crippen LogP contribution in [0.15, 0.2) is 18.7 Å². The van der Waals surface area contributed by atoms with Crippen LogP contribution in [0.2, 0.25) is 0 Å². The van der Waals surface area contributed by atoms with Crippen LogP contribution in [0.4, 0.5) is 0 Å². The third-order valence-corrected chi connectivity index (χ3v) is 4.59. The first kappa shape index (κ1) is 22.7. The minimum Gasteiger partial charge on any atom is -1.00 e. The van der Waals surface area contributed by atoms with Crippen molar-refractivity contribution in [3.8, 4) is 0 Å². The fourth-order valence-corrected chi connectivity index (χ4v) is 3.12. The molecule has 1 rings (SSSR count). The predicted molar refractivity (Wildman–Crippen MR) is 95.9 cm³/mol. The number of aryl methyl sites for hydroxylation is 2. The fraction of sp³-hybridized carbons (Fsp3) is 0.850. The maximum Gasteiger partial charge on any atom is 0.243 e. The summed E-state index contributed by atoms with van der Waals surface area (Å²) in [6.07, 6.45) is 26.5. The van der Waals surface area contributed by atoms with E-state index in [1.807, 2.05) is 0 Å². The monoisotopic (exact) mass is 386 g/mol. The molecular weight excluding hydrogens is 348 g/mol. The first-order valence-electron chi connectivity index (χ1n) is 9.84. The molecule has 0 aliphatic heterocycles. The van der Waals surface area contributed by atoms with Gasteiger partial charge in [-0.3, -0.25) is 0 Å². The molecule has 0 spiro atoms. The summed E-state index contributed by atoms with van der Waals surface area (Å²) in [6, 6.07) is 0. The van der Waals surface area contributed by atoms with E-state index in [2.05, 4.69) is 41.8 Å². The quantitative estimate of drug-likeness (QED) is 0.323. The average Bonchev–Trinajstić information content (AvgIpc) is 2.93. The van der Waals surface area contributed by atoms with Gasteiger partial charge < -0.3 is 17.0 Å². The lowest BCUT2D eigenvalue weighted by atomic mass is 10.0. The second-order valence-corrected chi connectivity index (χ2v) is 6.91. The van der Waals surface area contributed by atoms with E-state index >= 15 is 0 Å². The Labute approximate surface area is 155 Å². The molecule has 23 heavy (non-hydrogen) atoms. The van der Waals surface area contributed by atoms with Gasteiger partial charge in [0, 0.05) is 0 Å². The summed E-state index contributed by atoms with van der Waals surface area (Å²) in [5.74, 6) is 0. The van der Waals surface area contributed by atoms with Gasteiger partial charge in [-0.15, -0.1) is 0 Å². The molecule has 0 saturated heterocycles. The van der Waals surface area contributed by atoms with Crippen molar-refractivity contribution in [2.45, 2.75) is 103 Å². The van der Waals surface area contributed by atoms with E-state index in [4.69, 9.17) is 0 Å². The number of aromatic nitrogens is 2. The molecule has 2 nitrogen and oxygen atoms in total. The van der Waals surface area contributed by atoms with Gasteiger partial charge >= 0.3 is 0 Å².